The number of ether oxygens (including phenoxy) is 1. The van der Waals surface area contributed by atoms with E-state index in [1.54, 1.807) is 25.6 Å². The predicted octanol–water partition coefficient (Wildman–Crippen LogP) is 6.21. The average Bonchev–Trinajstić information content (AvgIpc) is 2.93. The highest BCUT2D eigenvalue weighted by Gasteiger charge is 2.34. The molecule has 0 rings (SSSR count). The van der Waals surface area contributed by atoms with E-state index >= 15 is 0 Å². The summed E-state index contributed by atoms with van der Waals surface area (Å²) in [5.41, 5.74) is 0.462. The molecule has 3 N–H and O–H groups in total. The van der Waals surface area contributed by atoms with Crippen LogP contribution in [-0.2, 0) is 19.1 Å². The molecular formula is C33H54N2O5S. The molecule has 0 aromatic rings. The molecule has 0 unspecified atom stereocenters. The van der Waals surface area contributed by atoms with Crippen molar-refractivity contribution in [2.24, 2.45) is 5.41 Å². The van der Waals surface area contributed by atoms with Crippen molar-refractivity contribution in [3.63, 3.8) is 0 Å². The SMILES string of the molecule is CC/C=C(/C)C/C=C\C/C=C\C/C=C\C/C=C\CCCC(=O)OCC(C)(C)[C@@H](O)C(=O)NCCC(=O)NCCSC. The Kier molecular flexibility index (Phi) is 23.6. The second-order valence-corrected chi connectivity index (χ2v) is 11.6. The number of unbranched alkanes of at least 4 members (excludes halogenated alkanes) is 1. The second-order valence-electron chi connectivity index (χ2n) is 10.6. The van der Waals surface area contributed by atoms with Crippen molar-refractivity contribution < 1.29 is 24.2 Å². The maximum Gasteiger partial charge on any atom is 0.305 e. The van der Waals surface area contributed by atoms with Gasteiger partial charge in [0.25, 0.3) is 0 Å². The van der Waals surface area contributed by atoms with Crippen LogP contribution in [0.2, 0.25) is 0 Å². The van der Waals surface area contributed by atoms with Gasteiger partial charge in [-0.15, -0.1) is 0 Å². The zero-order valence-corrected chi connectivity index (χ0v) is 26.8. The molecule has 8 heteroatoms. The van der Waals surface area contributed by atoms with E-state index in [1.807, 2.05) is 6.26 Å². The van der Waals surface area contributed by atoms with E-state index in [2.05, 4.69) is 79.2 Å². The van der Waals surface area contributed by atoms with Crippen molar-refractivity contribution >= 4 is 29.5 Å². The molecule has 0 spiro atoms. The van der Waals surface area contributed by atoms with Crippen LogP contribution >= 0.6 is 11.8 Å². The Bertz CT molecular complexity index is 890. The first-order chi connectivity index (χ1) is 19.6. The quantitative estimate of drug-likeness (QED) is 0.0742. The molecule has 0 saturated carbocycles. The van der Waals surface area contributed by atoms with E-state index in [-0.39, 0.29) is 37.9 Å². The third-order valence-corrected chi connectivity index (χ3v) is 6.71. The molecule has 2 amide bonds. The van der Waals surface area contributed by atoms with Gasteiger partial charge in [0, 0.05) is 37.1 Å². The van der Waals surface area contributed by atoms with E-state index in [0.717, 1.165) is 44.3 Å². The lowest BCUT2D eigenvalue weighted by atomic mass is 9.87. The largest absolute Gasteiger partial charge is 0.465 e. The Morgan fingerprint density at radius 3 is 2.12 bits per heavy atom. The summed E-state index contributed by atoms with van der Waals surface area (Å²) in [5, 5.41) is 15.7. The molecule has 41 heavy (non-hydrogen) atoms. The molecule has 0 aliphatic heterocycles. The summed E-state index contributed by atoms with van der Waals surface area (Å²) < 4.78 is 5.32. The van der Waals surface area contributed by atoms with Crippen LogP contribution in [0.15, 0.2) is 60.3 Å². The fourth-order valence-corrected chi connectivity index (χ4v) is 3.85. The lowest BCUT2D eigenvalue weighted by Gasteiger charge is -2.29. The van der Waals surface area contributed by atoms with Gasteiger partial charge in [-0.3, -0.25) is 14.4 Å². The van der Waals surface area contributed by atoms with E-state index < -0.39 is 17.4 Å². The smallest absolute Gasteiger partial charge is 0.305 e. The number of allylic oxidation sites excluding steroid dienone is 10. The molecule has 0 fully saturated rings. The highest BCUT2D eigenvalue weighted by atomic mass is 32.2. The minimum absolute atomic E-state index is 0.0725. The van der Waals surface area contributed by atoms with E-state index in [4.69, 9.17) is 4.74 Å². The molecule has 232 valence electrons. The van der Waals surface area contributed by atoms with Crippen molar-refractivity contribution in [3.8, 4) is 0 Å². The number of hydrogen-bond acceptors (Lipinski definition) is 6. The summed E-state index contributed by atoms with van der Waals surface area (Å²) in [6, 6.07) is 0. The normalized spacial score (nSPS) is 13.5. The van der Waals surface area contributed by atoms with Gasteiger partial charge in [-0.05, 0) is 58.1 Å². The van der Waals surface area contributed by atoms with Crippen LogP contribution in [0.1, 0.15) is 85.5 Å². The van der Waals surface area contributed by atoms with Crippen LogP contribution in [-0.4, -0.2) is 60.7 Å². The average molecular weight is 591 g/mol. The molecular weight excluding hydrogens is 536 g/mol. The van der Waals surface area contributed by atoms with Crippen molar-refractivity contribution in [3.05, 3.63) is 60.3 Å². The van der Waals surface area contributed by atoms with Gasteiger partial charge in [0.1, 0.15) is 6.10 Å². The Labute approximate surface area is 253 Å². The molecule has 0 aromatic heterocycles. The topological polar surface area (TPSA) is 105 Å². The monoisotopic (exact) mass is 590 g/mol. The number of aliphatic hydroxyl groups excluding tert-OH is 1. The van der Waals surface area contributed by atoms with Crippen molar-refractivity contribution in [1.82, 2.24) is 10.6 Å². The van der Waals surface area contributed by atoms with Crippen molar-refractivity contribution in [2.75, 3.05) is 31.7 Å². The number of esters is 1. The number of thioether (sulfide) groups is 1. The fourth-order valence-electron chi connectivity index (χ4n) is 3.55. The third kappa shape index (κ3) is 22.8. The molecule has 0 radical (unpaired) electrons. The Hall–Kier alpha value is -2.58. The van der Waals surface area contributed by atoms with E-state index in [9.17, 15) is 19.5 Å². The van der Waals surface area contributed by atoms with Crippen LogP contribution in [0.4, 0.5) is 0 Å². The molecule has 7 nitrogen and oxygen atoms in total. The standard InChI is InChI=1S/C33H54N2O5S/c1-6-20-28(2)21-18-16-14-12-10-8-7-9-11-13-15-17-19-22-30(37)40-27-33(3,4)31(38)32(39)35-24-23-29(36)34-25-26-41-5/h7,9-10,12-13,15-16,18,20,31,38H,6,8,11,14,17,19,21-27H2,1-5H3,(H,34,36)(H,35,39)/b9-7-,12-10-,15-13-,18-16-,28-20-/t31-/m0/s1. The van der Waals surface area contributed by atoms with Gasteiger partial charge >= 0.3 is 5.97 Å². The van der Waals surface area contributed by atoms with Crippen molar-refractivity contribution in [1.29, 1.82) is 0 Å². The van der Waals surface area contributed by atoms with Gasteiger partial charge in [-0.1, -0.05) is 81.0 Å². The van der Waals surface area contributed by atoms with Gasteiger partial charge in [0.2, 0.25) is 11.8 Å². The van der Waals surface area contributed by atoms with Crippen LogP contribution in [0, 0.1) is 5.41 Å². The number of amides is 2. The summed E-state index contributed by atoms with van der Waals surface area (Å²) >= 11 is 1.64. The Morgan fingerprint density at radius 2 is 1.51 bits per heavy atom. The first kappa shape index (κ1) is 38.4. The molecule has 0 aliphatic carbocycles. The van der Waals surface area contributed by atoms with Gasteiger partial charge in [-0.2, -0.15) is 11.8 Å². The fraction of sp³-hybridized carbons (Fsp3) is 0.606. The Balaban J connectivity index is 4.00. The number of carbonyl (C=O) groups is 3. The van der Waals surface area contributed by atoms with E-state index in [0.29, 0.717) is 13.0 Å². The van der Waals surface area contributed by atoms with Gasteiger partial charge in [-0.25, -0.2) is 0 Å². The van der Waals surface area contributed by atoms with Crippen LogP contribution < -0.4 is 10.6 Å². The number of hydrogen-bond donors (Lipinski definition) is 3. The summed E-state index contributed by atoms with van der Waals surface area (Å²) in [4.78, 5) is 36.1. The van der Waals surface area contributed by atoms with Crippen LogP contribution in [0.3, 0.4) is 0 Å². The summed E-state index contributed by atoms with van der Waals surface area (Å²) in [6.07, 6.45) is 26.8. The Morgan fingerprint density at radius 1 is 0.902 bits per heavy atom. The van der Waals surface area contributed by atoms with Crippen LogP contribution in [0.5, 0.6) is 0 Å². The number of aliphatic hydroxyl groups is 1. The highest BCUT2D eigenvalue weighted by molar-refractivity contribution is 7.98. The lowest BCUT2D eigenvalue weighted by Crippen LogP contribution is -2.47. The minimum Gasteiger partial charge on any atom is -0.465 e. The molecule has 0 saturated heterocycles. The molecule has 0 aliphatic rings. The van der Waals surface area contributed by atoms with Gasteiger partial charge in [0.05, 0.1) is 6.61 Å². The van der Waals surface area contributed by atoms with Gasteiger partial charge < -0.3 is 20.5 Å². The maximum absolute atomic E-state index is 12.3. The van der Waals surface area contributed by atoms with Crippen LogP contribution in [0.25, 0.3) is 0 Å². The zero-order valence-electron chi connectivity index (χ0n) is 26.0. The first-order valence-electron chi connectivity index (χ1n) is 14.8. The number of nitrogens with one attached hydrogen (secondary N) is 2. The number of rotatable bonds is 23. The molecule has 0 bridgehead atoms. The zero-order chi connectivity index (χ0) is 30.8. The van der Waals surface area contributed by atoms with Gasteiger partial charge in [0.15, 0.2) is 0 Å². The lowest BCUT2D eigenvalue weighted by molar-refractivity contribution is -0.153. The summed E-state index contributed by atoms with van der Waals surface area (Å²) in [7, 11) is 0. The van der Waals surface area contributed by atoms with E-state index in [1.165, 1.54) is 5.57 Å². The summed E-state index contributed by atoms with van der Waals surface area (Å²) in [5.74, 6) is -0.263. The minimum atomic E-state index is -1.36. The third-order valence-electron chi connectivity index (χ3n) is 6.10. The van der Waals surface area contributed by atoms with Crippen molar-refractivity contribution in [2.45, 2.75) is 91.6 Å². The predicted molar refractivity (Wildman–Crippen MR) is 173 cm³/mol. The highest BCUT2D eigenvalue weighted by Crippen LogP contribution is 2.22. The second kappa shape index (κ2) is 25.2. The molecule has 0 heterocycles. The first-order valence-corrected chi connectivity index (χ1v) is 16.2. The number of carbonyl (C=O) groups excluding carboxylic acids is 3. The summed E-state index contributed by atoms with van der Waals surface area (Å²) in [6.45, 7) is 8.29. The molecule has 0 aromatic carbocycles. The maximum atomic E-state index is 12.3. The molecule has 1 atom stereocenters.